The molecular weight excluding hydrogens is 328 g/mol. The molecular formula is C19H18N6O. The maximum Gasteiger partial charge on any atom is 0.195 e. The number of aryl methyl sites for hydroxylation is 1. The molecule has 0 N–H and O–H groups in total. The molecule has 0 aliphatic heterocycles. The predicted molar refractivity (Wildman–Crippen MR) is 97.8 cm³/mol. The summed E-state index contributed by atoms with van der Waals surface area (Å²) < 4.78 is 4.10. The van der Waals surface area contributed by atoms with Crippen LogP contribution in [-0.2, 0) is 13.1 Å². The Labute approximate surface area is 150 Å². The van der Waals surface area contributed by atoms with Crippen molar-refractivity contribution in [1.29, 1.82) is 0 Å². The largest absolute Gasteiger partial charge is 0.327 e. The van der Waals surface area contributed by atoms with Crippen molar-refractivity contribution in [2.24, 2.45) is 0 Å². The van der Waals surface area contributed by atoms with Gasteiger partial charge in [0.05, 0.1) is 17.6 Å². The minimum atomic E-state index is 0.0513. The Hall–Kier alpha value is -3.35. The summed E-state index contributed by atoms with van der Waals surface area (Å²) in [6, 6.07) is 7.41. The first-order valence-corrected chi connectivity index (χ1v) is 8.46. The fourth-order valence-electron chi connectivity index (χ4n) is 3.08. The summed E-state index contributed by atoms with van der Waals surface area (Å²) in [5.74, 6) is 2.23. The van der Waals surface area contributed by atoms with Crippen LogP contribution in [0.1, 0.15) is 30.0 Å². The van der Waals surface area contributed by atoms with Gasteiger partial charge < -0.3 is 9.13 Å². The molecule has 0 unspecified atom stereocenters. The lowest BCUT2D eigenvalue weighted by Crippen LogP contribution is -2.09. The van der Waals surface area contributed by atoms with E-state index < -0.39 is 0 Å². The van der Waals surface area contributed by atoms with Crippen molar-refractivity contribution in [1.82, 2.24) is 29.1 Å². The molecule has 0 aliphatic rings. The zero-order chi connectivity index (χ0) is 18.1. The first-order valence-electron chi connectivity index (χ1n) is 8.46. The van der Waals surface area contributed by atoms with Gasteiger partial charge in [-0.05, 0) is 38.1 Å². The number of benzene rings is 1. The van der Waals surface area contributed by atoms with E-state index in [0.29, 0.717) is 23.8 Å². The lowest BCUT2D eigenvalue weighted by atomic mass is 10.1. The maximum atomic E-state index is 11.7. The molecule has 4 aromatic rings. The summed E-state index contributed by atoms with van der Waals surface area (Å²) >= 11 is 0. The van der Waals surface area contributed by atoms with Crippen LogP contribution in [0.15, 0.2) is 49.1 Å². The number of rotatable bonds is 5. The average molecular weight is 346 g/mol. The number of hydrogen-bond acceptors (Lipinski definition) is 5. The van der Waals surface area contributed by atoms with E-state index in [9.17, 15) is 4.79 Å². The van der Waals surface area contributed by atoms with Gasteiger partial charge in [0.15, 0.2) is 17.4 Å². The third kappa shape index (κ3) is 2.77. The highest BCUT2D eigenvalue weighted by molar-refractivity contribution is 5.97. The first-order chi connectivity index (χ1) is 12.7. The molecule has 0 saturated carbocycles. The standard InChI is InChI=1S/C19H18N6O/c1-3-25-16-11-14(13(2)26)5-6-15(16)23-17(25)12-24-10-9-22-19(24)18-20-7-4-8-21-18/h4-11H,3,12H2,1-2H3. The molecule has 0 atom stereocenters. The molecule has 1 aromatic carbocycles. The molecule has 0 aliphatic carbocycles. The normalized spacial score (nSPS) is 11.2. The fourth-order valence-corrected chi connectivity index (χ4v) is 3.08. The summed E-state index contributed by atoms with van der Waals surface area (Å²) in [4.78, 5) is 29.4. The Balaban J connectivity index is 1.77. The van der Waals surface area contributed by atoms with E-state index in [1.165, 1.54) is 0 Å². The van der Waals surface area contributed by atoms with Crippen LogP contribution in [0.4, 0.5) is 0 Å². The molecule has 0 bridgehead atoms. The Morgan fingerprint density at radius 3 is 2.65 bits per heavy atom. The van der Waals surface area contributed by atoms with Crippen molar-refractivity contribution in [2.75, 3.05) is 0 Å². The molecule has 0 saturated heterocycles. The molecule has 3 heterocycles. The van der Waals surface area contributed by atoms with Gasteiger partial charge in [-0.3, -0.25) is 4.79 Å². The number of Topliss-reactive ketones (excluding diaryl/α,β-unsaturated/α-hetero) is 1. The van der Waals surface area contributed by atoms with Crippen molar-refractivity contribution in [3.63, 3.8) is 0 Å². The fraction of sp³-hybridized carbons (Fsp3) is 0.211. The Bertz CT molecular complexity index is 1080. The van der Waals surface area contributed by atoms with Crippen LogP contribution in [0.2, 0.25) is 0 Å². The highest BCUT2D eigenvalue weighted by atomic mass is 16.1. The maximum absolute atomic E-state index is 11.7. The van der Waals surface area contributed by atoms with Crippen molar-refractivity contribution in [3.8, 4) is 11.6 Å². The van der Waals surface area contributed by atoms with Crippen LogP contribution in [0, 0.1) is 0 Å². The second-order valence-electron chi connectivity index (χ2n) is 5.98. The summed E-state index contributed by atoms with van der Waals surface area (Å²) in [6.07, 6.45) is 7.03. The molecule has 3 aromatic heterocycles. The third-order valence-electron chi connectivity index (χ3n) is 4.34. The summed E-state index contributed by atoms with van der Waals surface area (Å²) in [6.45, 7) is 4.96. The third-order valence-corrected chi connectivity index (χ3v) is 4.34. The van der Waals surface area contributed by atoms with Gasteiger partial charge in [0.1, 0.15) is 5.82 Å². The Kier molecular flexibility index (Phi) is 4.04. The van der Waals surface area contributed by atoms with Crippen molar-refractivity contribution in [3.05, 3.63) is 60.4 Å². The lowest BCUT2D eigenvalue weighted by molar-refractivity contribution is 0.101. The van der Waals surface area contributed by atoms with E-state index in [4.69, 9.17) is 4.98 Å². The predicted octanol–water partition coefficient (Wildman–Crippen LogP) is 2.96. The SMILES string of the molecule is CCn1c(Cn2ccnc2-c2ncccn2)nc2ccc(C(C)=O)cc21. The number of nitrogens with zero attached hydrogens (tertiary/aromatic N) is 6. The number of carbonyl (C=O) groups is 1. The van der Waals surface area contributed by atoms with Crippen molar-refractivity contribution >= 4 is 16.8 Å². The number of fused-ring (bicyclic) bond motifs is 1. The zero-order valence-electron chi connectivity index (χ0n) is 14.6. The van der Waals surface area contributed by atoms with Gasteiger partial charge in [-0.15, -0.1) is 0 Å². The van der Waals surface area contributed by atoms with Gasteiger partial charge in [-0.1, -0.05) is 0 Å². The highest BCUT2D eigenvalue weighted by Crippen LogP contribution is 2.21. The van der Waals surface area contributed by atoms with E-state index in [1.54, 1.807) is 31.6 Å². The molecule has 130 valence electrons. The number of carbonyl (C=O) groups excluding carboxylic acids is 1. The lowest BCUT2D eigenvalue weighted by Gasteiger charge is -2.09. The van der Waals surface area contributed by atoms with E-state index in [2.05, 4.69) is 26.4 Å². The van der Waals surface area contributed by atoms with E-state index >= 15 is 0 Å². The molecule has 26 heavy (non-hydrogen) atoms. The Morgan fingerprint density at radius 1 is 1.12 bits per heavy atom. The number of imidazole rings is 2. The molecule has 7 heteroatoms. The van der Waals surface area contributed by atoms with Gasteiger partial charge >= 0.3 is 0 Å². The van der Waals surface area contributed by atoms with Crippen LogP contribution < -0.4 is 0 Å². The second-order valence-corrected chi connectivity index (χ2v) is 5.98. The molecule has 0 amide bonds. The van der Waals surface area contributed by atoms with Gasteiger partial charge in [0.2, 0.25) is 0 Å². The highest BCUT2D eigenvalue weighted by Gasteiger charge is 2.15. The number of aromatic nitrogens is 6. The van der Waals surface area contributed by atoms with Gasteiger partial charge in [-0.2, -0.15) is 0 Å². The smallest absolute Gasteiger partial charge is 0.195 e. The average Bonchev–Trinajstić information content (AvgIpc) is 3.25. The quantitative estimate of drug-likeness (QED) is 0.519. The molecule has 7 nitrogen and oxygen atoms in total. The van der Waals surface area contributed by atoms with Gasteiger partial charge in [0, 0.05) is 36.9 Å². The minimum absolute atomic E-state index is 0.0513. The van der Waals surface area contributed by atoms with E-state index in [-0.39, 0.29) is 5.78 Å². The van der Waals surface area contributed by atoms with E-state index in [0.717, 1.165) is 23.4 Å². The Morgan fingerprint density at radius 2 is 1.92 bits per heavy atom. The minimum Gasteiger partial charge on any atom is -0.327 e. The number of ketones is 1. The van der Waals surface area contributed by atoms with Gasteiger partial charge in [-0.25, -0.2) is 19.9 Å². The van der Waals surface area contributed by atoms with Crippen LogP contribution >= 0.6 is 0 Å². The molecule has 0 fully saturated rings. The summed E-state index contributed by atoms with van der Waals surface area (Å²) in [5.41, 5.74) is 2.54. The van der Waals surface area contributed by atoms with Crippen LogP contribution in [0.3, 0.4) is 0 Å². The number of hydrogen-bond donors (Lipinski definition) is 0. The first kappa shape index (κ1) is 16.1. The zero-order valence-corrected chi connectivity index (χ0v) is 14.6. The molecule has 0 spiro atoms. The molecule has 0 radical (unpaired) electrons. The van der Waals surface area contributed by atoms with Crippen molar-refractivity contribution < 1.29 is 4.79 Å². The second kappa shape index (κ2) is 6.51. The van der Waals surface area contributed by atoms with Gasteiger partial charge in [0.25, 0.3) is 0 Å². The summed E-state index contributed by atoms with van der Waals surface area (Å²) in [5, 5.41) is 0. The van der Waals surface area contributed by atoms with Crippen molar-refractivity contribution in [2.45, 2.75) is 26.9 Å². The molecule has 4 rings (SSSR count). The monoisotopic (exact) mass is 346 g/mol. The van der Waals surface area contributed by atoms with E-state index in [1.807, 2.05) is 29.0 Å². The van der Waals surface area contributed by atoms with Crippen LogP contribution in [-0.4, -0.2) is 34.9 Å². The van der Waals surface area contributed by atoms with Crippen LogP contribution in [0.25, 0.3) is 22.7 Å². The summed E-state index contributed by atoms with van der Waals surface area (Å²) in [7, 11) is 0. The van der Waals surface area contributed by atoms with Crippen LogP contribution in [0.5, 0.6) is 0 Å². The topological polar surface area (TPSA) is 78.5 Å².